The van der Waals surface area contributed by atoms with Crippen LogP contribution in [-0.2, 0) is 16.9 Å². The Balaban J connectivity index is 1.43. The Bertz CT molecular complexity index is 1480. The fraction of sp³-hybridized carbons (Fsp3) is 0.379. The van der Waals surface area contributed by atoms with E-state index in [1.54, 1.807) is 43.2 Å². The van der Waals surface area contributed by atoms with E-state index in [1.807, 2.05) is 18.2 Å². The maximum atomic E-state index is 13.9. The van der Waals surface area contributed by atoms with Crippen molar-refractivity contribution in [2.24, 2.45) is 0 Å². The van der Waals surface area contributed by atoms with Gasteiger partial charge in [0.25, 0.3) is 0 Å². The number of rotatable bonds is 6. The fourth-order valence-electron chi connectivity index (χ4n) is 4.83. The molecule has 2 atom stereocenters. The summed E-state index contributed by atoms with van der Waals surface area (Å²) in [6, 6.07) is 7.10. The van der Waals surface area contributed by atoms with Crippen molar-refractivity contribution < 1.29 is 14.2 Å². The molecule has 2 aliphatic rings. The van der Waals surface area contributed by atoms with Gasteiger partial charge in [0.1, 0.15) is 17.4 Å². The largest absolute Gasteiger partial charge is 0.388 e. The van der Waals surface area contributed by atoms with Crippen molar-refractivity contribution in [3.63, 3.8) is 0 Å². The standard InChI is InChI=1S/C29H30FN7O2/c1-28(2,38)20-39-29(10-8-26-21(15-31)16-35-37(26)19-29)23-17-32-12-9-27(23)36-14-13-33-22(18-36)5-3-7-25-24(30)6-4-11-34-25/h4,6,8-12,16-17,22,33,38H,5,13-14,18-20H2,1-2H3. The molecule has 200 valence electrons. The van der Waals surface area contributed by atoms with Crippen molar-refractivity contribution in [3.8, 4) is 17.9 Å². The Hall–Kier alpha value is -4.09. The maximum absolute atomic E-state index is 13.9. The average molecular weight is 528 g/mol. The molecular weight excluding hydrogens is 497 g/mol. The molecule has 0 saturated carbocycles. The van der Waals surface area contributed by atoms with Crippen LogP contribution >= 0.6 is 0 Å². The van der Waals surface area contributed by atoms with E-state index in [1.165, 1.54) is 12.3 Å². The minimum absolute atomic E-state index is 0.0603. The number of nitriles is 1. The Morgan fingerprint density at radius 2 is 2.18 bits per heavy atom. The second kappa shape index (κ2) is 11.0. The molecular formula is C29H30FN7O2. The third kappa shape index (κ3) is 5.84. The number of halogens is 1. The molecule has 1 saturated heterocycles. The van der Waals surface area contributed by atoms with Crippen molar-refractivity contribution in [2.75, 3.05) is 31.1 Å². The molecule has 2 aliphatic heterocycles. The predicted octanol–water partition coefficient (Wildman–Crippen LogP) is 2.61. The van der Waals surface area contributed by atoms with E-state index < -0.39 is 17.0 Å². The van der Waals surface area contributed by atoms with Crippen LogP contribution in [0.4, 0.5) is 10.1 Å². The molecule has 5 rings (SSSR count). The summed E-state index contributed by atoms with van der Waals surface area (Å²) in [6.45, 7) is 5.98. The SMILES string of the molecule is CC(C)(O)COC1(c2cnccc2N2CCNC(CC#Cc3ncccc3F)C2)C=Cc2c(C#N)cnn2C1. The summed E-state index contributed by atoms with van der Waals surface area (Å²) < 4.78 is 22.1. The zero-order valence-corrected chi connectivity index (χ0v) is 21.9. The van der Waals surface area contributed by atoms with Gasteiger partial charge in [-0.15, -0.1) is 0 Å². The van der Waals surface area contributed by atoms with E-state index in [0.717, 1.165) is 30.0 Å². The van der Waals surface area contributed by atoms with Gasteiger partial charge in [-0.05, 0) is 50.1 Å². The molecule has 2 unspecified atom stereocenters. The predicted molar refractivity (Wildman–Crippen MR) is 144 cm³/mol. The van der Waals surface area contributed by atoms with Gasteiger partial charge >= 0.3 is 0 Å². The highest BCUT2D eigenvalue weighted by Gasteiger charge is 2.40. The average Bonchev–Trinajstić information content (AvgIpc) is 3.35. The van der Waals surface area contributed by atoms with Crippen LogP contribution in [0.15, 0.2) is 49.1 Å². The second-order valence-electron chi connectivity index (χ2n) is 10.4. The van der Waals surface area contributed by atoms with Crippen molar-refractivity contribution in [3.05, 3.63) is 77.4 Å². The molecule has 2 N–H and O–H groups in total. The number of fused-ring (bicyclic) bond motifs is 1. The maximum Gasteiger partial charge on any atom is 0.157 e. The number of hydrogen-bond acceptors (Lipinski definition) is 8. The molecule has 0 aromatic carbocycles. The molecule has 1 fully saturated rings. The van der Waals surface area contributed by atoms with Crippen molar-refractivity contribution in [2.45, 2.75) is 44.1 Å². The normalized spacial score (nSPS) is 20.6. The third-order valence-electron chi connectivity index (χ3n) is 6.74. The Labute approximate surface area is 227 Å². The molecule has 3 aromatic heterocycles. The second-order valence-corrected chi connectivity index (χ2v) is 10.4. The summed E-state index contributed by atoms with van der Waals surface area (Å²) in [6.07, 6.45) is 10.9. The van der Waals surface area contributed by atoms with Gasteiger partial charge in [-0.1, -0.05) is 5.92 Å². The lowest BCUT2D eigenvalue weighted by Crippen LogP contribution is -2.51. The van der Waals surface area contributed by atoms with Crippen LogP contribution in [0, 0.1) is 29.0 Å². The van der Waals surface area contributed by atoms with Gasteiger partial charge in [0, 0.05) is 61.9 Å². The van der Waals surface area contributed by atoms with E-state index in [0.29, 0.717) is 25.1 Å². The smallest absolute Gasteiger partial charge is 0.157 e. The molecule has 9 nitrogen and oxygen atoms in total. The van der Waals surface area contributed by atoms with Crippen LogP contribution in [0.1, 0.15) is 42.8 Å². The van der Waals surface area contributed by atoms with Crippen LogP contribution in [0.25, 0.3) is 6.08 Å². The number of anilines is 1. The van der Waals surface area contributed by atoms with Gasteiger partial charge in [0.2, 0.25) is 0 Å². The Morgan fingerprint density at radius 3 is 2.97 bits per heavy atom. The summed E-state index contributed by atoms with van der Waals surface area (Å²) in [5.74, 6) is 5.48. The highest BCUT2D eigenvalue weighted by Crippen LogP contribution is 2.40. The van der Waals surface area contributed by atoms with Gasteiger partial charge in [-0.3, -0.25) is 9.67 Å². The Morgan fingerprint density at radius 1 is 1.31 bits per heavy atom. The van der Waals surface area contributed by atoms with E-state index in [4.69, 9.17) is 4.74 Å². The molecule has 39 heavy (non-hydrogen) atoms. The minimum atomic E-state index is -1.06. The lowest BCUT2D eigenvalue weighted by molar-refractivity contribution is -0.0970. The van der Waals surface area contributed by atoms with Gasteiger partial charge < -0.3 is 20.1 Å². The van der Waals surface area contributed by atoms with Crippen molar-refractivity contribution >= 4 is 11.8 Å². The van der Waals surface area contributed by atoms with Crippen molar-refractivity contribution in [1.82, 2.24) is 25.1 Å². The zero-order valence-electron chi connectivity index (χ0n) is 21.9. The lowest BCUT2D eigenvalue weighted by atomic mass is 9.89. The van der Waals surface area contributed by atoms with Crippen LogP contribution < -0.4 is 10.2 Å². The number of pyridine rings is 2. The van der Waals surface area contributed by atoms with Crippen LogP contribution in [0.2, 0.25) is 0 Å². The first-order valence-electron chi connectivity index (χ1n) is 12.8. The minimum Gasteiger partial charge on any atom is -0.388 e. The highest BCUT2D eigenvalue weighted by atomic mass is 19.1. The number of aromatic nitrogens is 4. The number of aliphatic hydroxyl groups is 1. The molecule has 0 bridgehead atoms. The van der Waals surface area contributed by atoms with Crippen molar-refractivity contribution in [1.29, 1.82) is 5.26 Å². The lowest BCUT2D eigenvalue weighted by Gasteiger charge is -2.41. The summed E-state index contributed by atoms with van der Waals surface area (Å²) in [5, 5.41) is 27.9. The topological polar surface area (TPSA) is 112 Å². The number of piperazine rings is 1. The van der Waals surface area contributed by atoms with Crippen LogP contribution in [0.3, 0.4) is 0 Å². The number of nitrogens with zero attached hydrogens (tertiary/aromatic N) is 6. The van der Waals surface area contributed by atoms with E-state index in [9.17, 15) is 14.8 Å². The molecule has 0 amide bonds. The van der Waals surface area contributed by atoms with Crippen LogP contribution in [0.5, 0.6) is 0 Å². The first-order chi connectivity index (χ1) is 18.8. The zero-order chi connectivity index (χ0) is 27.5. The molecule has 0 aliphatic carbocycles. The van der Waals surface area contributed by atoms with Gasteiger partial charge in [-0.25, -0.2) is 9.37 Å². The number of nitrogens with one attached hydrogen (secondary N) is 1. The third-order valence-corrected chi connectivity index (χ3v) is 6.74. The number of hydrogen-bond donors (Lipinski definition) is 2. The summed E-state index contributed by atoms with van der Waals surface area (Å²) >= 11 is 0. The highest BCUT2D eigenvalue weighted by molar-refractivity contribution is 5.62. The monoisotopic (exact) mass is 527 g/mol. The van der Waals surface area contributed by atoms with E-state index >= 15 is 0 Å². The van der Waals surface area contributed by atoms with Gasteiger partial charge in [-0.2, -0.15) is 10.4 Å². The van der Waals surface area contributed by atoms with Crippen LogP contribution in [-0.4, -0.2) is 62.7 Å². The number of ether oxygens (including phenoxy) is 1. The summed E-state index contributed by atoms with van der Waals surface area (Å²) in [4.78, 5) is 10.7. The fourth-order valence-corrected chi connectivity index (χ4v) is 4.83. The quantitative estimate of drug-likeness (QED) is 0.471. The van der Waals surface area contributed by atoms with E-state index in [-0.39, 0.29) is 18.3 Å². The van der Waals surface area contributed by atoms with E-state index in [2.05, 4.69) is 43.2 Å². The summed E-state index contributed by atoms with van der Waals surface area (Å²) in [7, 11) is 0. The first-order valence-corrected chi connectivity index (χ1v) is 12.8. The Kier molecular flexibility index (Phi) is 7.45. The first kappa shape index (κ1) is 26.5. The molecule has 0 spiro atoms. The van der Waals surface area contributed by atoms with Gasteiger partial charge in [0.15, 0.2) is 5.82 Å². The van der Waals surface area contributed by atoms with Gasteiger partial charge in [0.05, 0.1) is 36.2 Å². The molecule has 0 radical (unpaired) electrons. The molecule has 10 heteroatoms. The summed E-state index contributed by atoms with van der Waals surface area (Å²) in [5.41, 5.74) is 1.13. The molecule has 5 heterocycles. The molecule has 3 aromatic rings.